The zero-order valence-electron chi connectivity index (χ0n) is 20.3. The molecule has 1 saturated heterocycles. The fraction of sp³-hybridized carbons (Fsp3) is 0.296. The topological polar surface area (TPSA) is 133 Å². The Hall–Kier alpha value is -2.89. The van der Waals surface area contributed by atoms with E-state index >= 15 is 0 Å². The van der Waals surface area contributed by atoms with Crippen molar-refractivity contribution in [2.75, 3.05) is 24.7 Å². The van der Waals surface area contributed by atoms with Gasteiger partial charge in [-0.15, -0.1) is 0 Å². The van der Waals surface area contributed by atoms with Gasteiger partial charge in [-0.25, -0.2) is 13.4 Å². The first kappa shape index (κ1) is 25.7. The smallest absolute Gasteiger partial charge is 0.167 e. The first-order valence-corrected chi connectivity index (χ1v) is 14.7. The molecule has 2 atom stereocenters. The van der Waals surface area contributed by atoms with E-state index in [9.17, 15) is 17.5 Å². The molecule has 4 aromatic rings. The number of likely N-dealkylation sites (tertiary alicyclic amines) is 1. The molecule has 1 fully saturated rings. The number of piperidine rings is 1. The quantitative estimate of drug-likeness (QED) is 0.192. The lowest BCUT2D eigenvalue weighted by atomic mass is 9.91. The normalized spacial score (nSPS) is 16.7. The van der Waals surface area contributed by atoms with E-state index in [1.165, 1.54) is 0 Å². The van der Waals surface area contributed by atoms with Crippen molar-refractivity contribution in [3.05, 3.63) is 83.2 Å². The number of aromatic nitrogens is 2. The zero-order chi connectivity index (χ0) is 25.9. The molecule has 0 aliphatic carbocycles. The van der Waals surface area contributed by atoms with Crippen LogP contribution in [0.2, 0.25) is 0 Å². The van der Waals surface area contributed by atoms with Crippen LogP contribution >= 0.6 is 0 Å². The molecular formula is C27H30N4O4S2. The second-order valence-corrected chi connectivity index (χ2v) is 11.4. The van der Waals surface area contributed by atoms with Gasteiger partial charge in [0.25, 0.3) is 0 Å². The van der Waals surface area contributed by atoms with E-state index in [0.717, 1.165) is 70.5 Å². The van der Waals surface area contributed by atoms with Crippen LogP contribution < -0.4 is 5.73 Å². The van der Waals surface area contributed by atoms with E-state index in [0.29, 0.717) is 18.0 Å². The maximum atomic E-state index is 11.3. The van der Waals surface area contributed by atoms with E-state index < -0.39 is 22.2 Å². The average molecular weight is 539 g/mol. The van der Waals surface area contributed by atoms with E-state index in [4.69, 9.17) is 5.73 Å². The van der Waals surface area contributed by atoms with Gasteiger partial charge in [0.15, 0.2) is 22.2 Å². The van der Waals surface area contributed by atoms with Crippen LogP contribution in [0.25, 0.3) is 22.2 Å². The van der Waals surface area contributed by atoms with Gasteiger partial charge in [-0.1, -0.05) is 30.3 Å². The molecule has 0 spiro atoms. The summed E-state index contributed by atoms with van der Waals surface area (Å²) in [5.74, 6) is 0.644. The van der Waals surface area contributed by atoms with Gasteiger partial charge in [-0.2, -0.15) is 0 Å². The number of benzene rings is 2. The van der Waals surface area contributed by atoms with E-state index in [2.05, 4.69) is 16.0 Å². The number of nitrogen functional groups attached to an aromatic ring is 1. The summed E-state index contributed by atoms with van der Waals surface area (Å²) in [5.41, 5.74) is 13.9. The standard InChI is InChI=1S/C27H30N4O4S2/c28-22-5-4-21(13-18-2-1-3-19(12-18)16-36(32)33)24(14-22)23-6-9-29-27-25(23)15-26(30-27)20-7-10-31(11-8-20)17-37(34)35/h1-6,9,12,14-15,20H,7-8,10-11,13,16-17,28H2,(H,29,30)(H,32,33)(H,34,35). The minimum Gasteiger partial charge on any atom is -0.399 e. The Balaban J connectivity index is 1.45. The summed E-state index contributed by atoms with van der Waals surface area (Å²) in [6.45, 7) is 1.57. The lowest BCUT2D eigenvalue weighted by molar-refractivity contribution is 0.239. The molecule has 3 heterocycles. The Bertz CT molecular complexity index is 1460. The Kier molecular flexibility index (Phi) is 7.82. The molecule has 194 valence electrons. The van der Waals surface area contributed by atoms with Crippen molar-refractivity contribution < 1.29 is 17.5 Å². The molecular weight excluding hydrogens is 508 g/mol. The number of nitrogens with two attached hydrogens (primary N) is 1. The largest absolute Gasteiger partial charge is 0.399 e. The number of nitrogens with zero attached hydrogens (tertiary/aromatic N) is 2. The van der Waals surface area contributed by atoms with E-state index in [1.807, 2.05) is 53.4 Å². The van der Waals surface area contributed by atoms with Gasteiger partial charge in [0, 0.05) is 28.9 Å². The number of hydrogen-bond donors (Lipinski definition) is 4. The summed E-state index contributed by atoms with van der Waals surface area (Å²) < 4.78 is 40.9. The van der Waals surface area contributed by atoms with Gasteiger partial charge in [-0.3, -0.25) is 4.90 Å². The van der Waals surface area contributed by atoms with Gasteiger partial charge < -0.3 is 19.8 Å². The van der Waals surface area contributed by atoms with Gasteiger partial charge >= 0.3 is 0 Å². The maximum absolute atomic E-state index is 11.3. The van der Waals surface area contributed by atoms with Crippen molar-refractivity contribution in [3.8, 4) is 11.1 Å². The van der Waals surface area contributed by atoms with Gasteiger partial charge in [-0.05, 0) is 84.4 Å². The molecule has 2 aromatic carbocycles. The van der Waals surface area contributed by atoms with Gasteiger partial charge in [0.05, 0.1) is 5.75 Å². The fourth-order valence-electron chi connectivity index (χ4n) is 5.22. The predicted octanol–water partition coefficient (Wildman–Crippen LogP) is 4.48. The van der Waals surface area contributed by atoms with Crippen molar-refractivity contribution in [1.29, 1.82) is 0 Å². The van der Waals surface area contributed by atoms with Crippen LogP contribution in [0.3, 0.4) is 0 Å². The second-order valence-electron chi connectivity index (χ2n) is 9.57. The number of fused-ring (bicyclic) bond motifs is 1. The van der Waals surface area contributed by atoms with Crippen molar-refractivity contribution in [1.82, 2.24) is 14.9 Å². The lowest BCUT2D eigenvalue weighted by Gasteiger charge is -2.30. The number of H-pyrrole nitrogens is 1. The molecule has 1 aliphatic heterocycles. The van der Waals surface area contributed by atoms with Crippen LogP contribution in [-0.4, -0.2) is 51.4 Å². The molecule has 8 nitrogen and oxygen atoms in total. The number of rotatable bonds is 8. The molecule has 5 N–H and O–H groups in total. The van der Waals surface area contributed by atoms with Crippen molar-refractivity contribution in [2.45, 2.75) is 30.9 Å². The Morgan fingerprint density at radius 3 is 2.51 bits per heavy atom. The summed E-state index contributed by atoms with van der Waals surface area (Å²) in [6, 6.07) is 17.9. The maximum Gasteiger partial charge on any atom is 0.167 e. The number of anilines is 1. The minimum absolute atomic E-state index is 0.107. The van der Waals surface area contributed by atoms with E-state index in [-0.39, 0.29) is 11.6 Å². The second kappa shape index (κ2) is 11.2. The van der Waals surface area contributed by atoms with Crippen LogP contribution in [0, 0.1) is 0 Å². The van der Waals surface area contributed by atoms with E-state index in [1.54, 1.807) is 6.20 Å². The van der Waals surface area contributed by atoms with Crippen LogP contribution in [0.5, 0.6) is 0 Å². The molecule has 2 unspecified atom stereocenters. The molecule has 0 radical (unpaired) electrons. The monoisotopic (exact) mass is 538 g/mol. The molecule has 10 heteroatoms. The number of aromatic amines is 1. The van der Waals surface area contributed by atoms with Crippen molar-refractivity contribution in [2.24, 2.45) is 0 Å². The Morgan fingerprint density at radius 1 is 0.973 bits per heavy atom. The highest BCUT2D eigenvalue weighted by atomic mass is 32.2. The number of pyridine rings is 1. The lowest BCUT2D eigenvalue weighted by Crippen LogP contribution is -2.35. The van der Waals surface area contributed by atoms with Crippen molar-refractivity contribution >= 4 is 38.9 Å². The first-order chi connectivity index (χ1) is 17.9. The molecule has 0 bridgehead atoms. The summed E-state index contributed by atoms with van der Waals surface area (Å²) >= 11 is -3.69. The summed E-state index contributed by atoms with van der Waals surface area (Å²) in [4.78, 5) is 10.1. The van der Waals surface area contributed by atoms with Crippen LogP contribution in [0.1, 0.15) is 41.1 Å². The molecule has 0 saturated carbocycles. The highest BCUT2D eigenvalue weighted by Crippen LogP contribution is 2.36. The molecule has 5 rings (SSSR count). The molecule has 1 aliphatic rings. The molecule has 0 amide bonds. The Labute approximate surface area is 220 Å². The van der Waals surface area contributed by atoms with Crippen LogP contribution in [0.15, 0.2) is 60.8 Å². The van der Waals surface area contributed by atoms with Crippen LogP contribution in [0.4, 0.5) is 5.69 Å². The summed E-state index contributed by atoms with van der Waals surface area (Å²) in [5, 5.41) is 1.03. The third-order valence-electron chi connectivity index (χ3n) is 6.97. The SMILES string of the molecule is Nc1ccc(Cc2cccc(CS(=O)O)c2)c(-c2ccnc3[nH]c(C4CCN(CS(=O)O)CC4)cc23)c1. The van der Waals surface area contributed by atoms with Crippen molar-refractivity contribution in [3.63, 3.8) is 0 Å². The highest BCUT2D eigenvalue weighted by Gasteiger charge is 2.24. The highest BCUT2D eigenvalue weighted by molar-refractivity contribution is 7.79. The zero-order valence-corrected chi connectivity index (χ0v) is 21.9. The fourth-order valence-corrected chi connectivity index (χ4v) is 6.26. The summed E-state index contributed by atoms with van der Waals surface area (Å²) in [6.07, 6.45) is 4.30. The Morgan fingerprint density at radius 2 is 1.76 bits per heavy atom. The minimum atomic E-state index is -1.88. The molecule has 2 aromatic heterocycles. The first-order valence-electron chi connectivity index (χ1n) is 12.2. The predicted molar refractivity (Wildman–Crippen MR) is 149 cm³/mol. The average Bonchev–Trinajstić information content (AvgIpc) is 3.30. The third-order valence-corrected chi connectivity index (χ3v) is 8.14. The van der Waals surface area contributed by atoms with Gasteiger partial charge in [0.2, 0.25) is 0 Å². The number of hydrogen-bond acceptors (Lipinski definition) is 5. The number of nitrogens with one attached hydrogen (secondary N) is 1. The summed E-state index contributed by atoms with van der Waals surface area (Å²) in [7, 11) is 0. The van der Waals surface area contributed by atoms with Gasteiger partial charge in [0.1, 0.15) is 11.5 Å². The molecule has 37 heavy (non-hydrogen) atoms. The third kappa shape index (κ3) is 6.16. The van der Waals surface area contributed by atoms with Crippen LogP contribution in [-0.2, 0) is 34.3 Å².